The third-order valence-corrected chi connectivity index (χ3v) is 3.71. The molecular formula is C14H12Br2O2. The lowest BCUT2D eigenvalue weighted by Gasteiger charge is -2.09. The summed E-state index contributed by atoms with van der Waals surface area (Å²) in [5.41, 5.74) is 1.05. The molecule has 94 valence electrons. The second-order valence-corrected chi connectivity index (χ2v) is 5.47. The highest BCUT2D eigenvalue weighted by Crippen LogP contribution is 2.25. The molecule has 0 unspecified atom stereocenters. The average molecular weight is 372 g/mol. The van der Waals surface area contributed by atoms with Crippen LogP contribution >= 0.6 is 31.9 Å². The third kappa shape index (κ3) is 3.50. The van der Waals surface area contributed by atoms with Gasteiger partial charge >= 0.3 is 0 Å². The molecule has 0 spiro atoms. The van der Waals surface area contributed by atoms with E-state index in [-0.39, 0.29) is 0 Å². The molecule has 0 bridgehead atoms. The van der Waals surface area contributed by atoms with Crippen LogP contribution in [-0.4, -0.2) is 7.11 Å². The molecule has 18 heavy (non-hydrogen) atoms. The summed E-state index contributed by atoms with van der Waals surface area (Å²) in [6, 6.07) is 13.6. The molecule has 0 atom stereocenters. The Morgan fingerprint density at radius 3 is 2.56 bits per heavy atom. The van der Waals surface area contributed by atoms with Crippen molar-refractivity contribution in [3.8, 4) is 11.5 Å². The maximum atomic E-state index is 5.74. The van der Waals surface area contributed by atoms with Crippen molar-refractivity contribution in [2.45, 2.75) is 6.61 Å². The van der Waals surface area contributed by atoms with Crippen LogP contribution in [0.2, 0.25) is 0 Å². The van der Waals surface area contributed by atoms with Crippen LogP contribution in [-0.2, 0) is 6.61 Å². The highest BCUT2D eigenvalue weighted by atomic mass is 79.9. The molecule has 0 aliphatic carbocycles. The van der Waals surface area contributed by atoms with Gasteiger partial charge in [-0.15, -0.1) is 0 Å². The summed E-state index contributed by atoms with van der Waals surface area (Å²) in [5.74, 6) is 1.66. The summed E-state index contributed by atoms with van der Waals surface area (Å²) < 4.78 is 13.0. The number of benzene rings is 2. The molecule has 0 radical (unpaired) electrons. The molecule has 0 heterocycles. The van der Waals surface area contributed by atoms with Gasteiger partial charge in [-0.05, 0) is 36.4 Å². The third-order valence-electron chi connectivity index (χ3n) is 2.44. The summed E-state index contributed by atoms with van der Waals surface area (Å²) in [6.45, 7) is 0.494. The van der Waals surface area contributed by atoms with Crippen molar-refractivity contribution in [1.82, 2.24) is 0 Å². The fourth-order valence-corrected chi connectivity index (χ4v) is 2.25. The predicted octanol–water partition coefficient (Wildman–Crippen LogP) is 4.80. The fourth-order valence-electron chi connectivity index (χ4n) is 1.51. The molecule has 2 aromatic rings. The minimum Gasteiger partial charge on any atom is -0.497 e. The topological polar surface area (TPSA) is 18.5 Å². The van der Waals surface area contributed by atoms with Crippen LogP contribution in [0.15, 0.2) is 51.4 Å². The van der Waals surface area contributed by atoms with E-state index >= 15 is 0 Å². The van der Waals surface area contributed by atoms with E-state index in [9.17, 15) is 0 Å². The first-order chi connectivity index (χ1) is 8.69. The number of hydrogen-bond acceptors (Lipinski definition) is 2. The molecule has 0 aromatic heterocycles. The second kappa shape index (κ2) is 6.25. The largest absolute Gasteiger partial charge is 0.497 e. The molecule has 2 nitrogen and oxygen atoms in total. The van der Waals surface area contributed by atoms with Crippen molar-refractivity contribution >= 4 is 31.9 Å². The molecule has 0 saturated heterocycles. The Balaban J connectivity index is 2.10. The van der Waals surface area contributed by atoms with E-state index in [0.717, 1.165) is 26.0 Å². The van der Waals surface area contributed by atoms with Gasteiger partial charge in [0, 0.05) is 14.5 Å². The fraction of sp³-hybridized carbons (Fsp3) is 0.143. The summed E-state index contributed by atoms with van der Waals surface area (Å²) in [4.78, 5) is 0. The first-order valence-corrected chi connectivity index (χ1v) is 6.98. The molecule has 4 heteroatoms. The van der Waals surface area contributed by atoms with Gasteiger partial charge in [0.05, 0.1) is 7.11 Å². The van der Waals surface area contributed by atoms with E-state index in [1.807, 2.05) is 42.5 Å². The highest BCUT2D eigenvalue weighted by Gasteiger charge is 2.03. The molecular weight excluding hydrogens is 360 g/mol. The van der Waals surface area contributed by atoms with Gasteiger partial charge in [0.2, 0.25) is 0 Å². The zero-order chi connectivity index (χ0) is 13.0. The minimum atomic E-state index is 0.494. The van der Waals surface area contributed by atoms with Gasteiger partial charge < -0.3 is 9.47 Å². The van der Waals surface area contributed by atoms with E-state index in [1.54, 1.807) is 7.11 Å². The number of methoxy groups -OCH3 is 1. The lowest BCUT2D eigenvalue weighted by atomic mass is 10.2. The quantitative estimate of drug-likeness (QED) is 0.768. The van der Waals surface area contributed by atoms with Crippen molar-refractivity contribution in [1.29, 1.82) is 0 Å². The summed E-state index contributed by atoms with van der Waals surface area (Å²) >= 11 is 6.92. The molecule has 2 rings (SSSR count). The number of rotatable bonds is 4. The average Bonchev–Trinajstić information content (AvgIpc) is 2.38. The zero-order valence-electron chi connectivity index (χ0n) is 9.82. The van der Waals surface area contributed by atoms with E-state index < -0.39 is 0 Å². The molecule has 0 aliphatic rings. The summed E-state index contributed by atoms with van der Waals surface area (Å²) in [6.07, 6.45) is 0. The SMILES string of the molecule is COc1ccc(Br)c(COc2cccc(Br)c2)c1. The Labute approximate surface area is 123 Å². The van der Waals surface area contributed by atoms with Gasteiger partial charge in [-0.3, -0.25) is 0 Å². The van der Waals surface area contributed by atoms with Crippen LogP contribution in [0.4, 0.5) is 0 Å². The number of hydrogen-bond donors (Lipinski definition) is 0. The number of halogens is 2. The van der Waals surface area contributed by atoms with Crippen molar-refractivity contribution in [2.24, 2.45) is 0 Å². The van der Waals surface area contributed by atoms with Gasteiger partial charge in [-0.1, -0.05) is 37.9 Å². The van der Waals surface area contributed by atoms with Gasteiger partial charge in [0.1, 0.15) is 18.1 Å². The van der Waals surface area contributed by atoms with Crippen LogP contribution < -0.4 is 9.47 Å². The molecule has 0 N–H and O–H groups in total. The highest BCUT2D eigenvalue weighted by molar-refractivity contribution is 9.10. The van der Waals surface area contributed by atoms with Crippen LogP contribution in [0.1, 0.15) is 5.56 Å². The van der Waals surface area contributed by atoms with Crippen molar-refractivity contribution in [3.63, 3.8) is 0 Å². The first-order valence-electron chi connectivity index (χ1n) is 5.40. The van der Waals surface area contributed by atoms with Gasteiger partial charge in [-0.25, -0.2) is 0 Å². The van der Waals surface area contributed by atoms with Gasteiger partial charge in [0.25, 0.3) is 0 Å². The summed E-state index contributed by atoms with van der Waals surface area (Å²) in [5, 5.41) is 0. The monoisotopic (exact) mass is 370 g/mol. The van der Waals surface area contributed by atoms with E-state index in [2.05, 4.69) is 31.9 Å². The Kier molecular flexibility index (Phi) is 4.66. The maximum absolute atomic E-state index is 5.74. The van der Waals surface area contributed by atoms with Gasteiger partial charge in [-0.2, -0.15) is 0 Å². The Bertz CT molecular complexity index is 541. The Morgan fingerprint density at radius 1 is 1.00 bits per heavy atom. The molecule has 2 aromatic carbocycles. The van der Waals surface area contributed by atoms with Gasteiger partial charge in [0.15, 0.2) is 0 Å². The smallest absolute Gasteiger partial charge is 0.120 e. The molecule has 0 amide bonds. The first kappa shape index (κ1) is 13.4. The van der Waals surface area contributed by atoms with Crippen LogP contribution in [0.3, 0.4) is 0 Å². The molecule has 0 aliphatic heterocycles. The van der Waals surface area contributed by atoms with Crippen molar-refractivity contribution < 1.29 is 9.47 Å². The van der Waals surface area contributed by atoms with Crippen LogP contribution in [0.25, 0.3) is 0 Å². The Hall–Kier alpha value is -1.00. The van der Waals surface area contributed by atoms with Crippen molar-refractivity contribution in [3.05, 3.63) is 57.0 Å². The zero-order valence-corrected chi connectivity index (χ0v) is 13.0. The van der Waals surface area contributed by atoms with Crippen LogP contribution in [0, 0.1) is 0 Å². The van der Waals surface area contributed by atoms with Crippen LogP contribution in [0.5, 0.6) is 11.5 Å². The lowest BCUT2D eigenvalue weighted by molar-refractivity contribution is 0.304. The lowest BCUT2D eigenvalue weighted by Crippen LogP contribution is -1.97. The molecule has 0 fully saturated rings. The Morgan fingerprint density at radius 2 is 1.83 bits per heavy atom. The molecule has 0 saturated carbocycles. The normalized spacial score (nSPS) is 10.2. The summed E-state index contributed by atoms with van der Waals surface area (Å²) in [7, 11) is 1.65. The minimum absolute atomic E-state index is 0.494. The maximum Gasteiger partial charge on any atom is 0.120 e. The van der Waals surface area contributed by atoms with Crippen molar-refractivity contribution in [2.75, 3.05) is 7.11 Å². The van der Waals surface area contributed by atoms with E-state index in [1.165, 1.54) is 0 Å². The predicted molar refractivity (Wildman–Crippen MR) is 79.2 cm³/mol. The second-order valence-electron chi connectivity index (χ2n) is 3.70. The van der Waals surface area contributed by atoms with E-state index in [0.29, 0.717) is 6.61 Å². The number of ether oxygens (including phenoxy) is 2. The standard InChI is InChI=1S/C14H12Br2O2/c1-17-12-5-6-14(16)10(7-12)9-18-13-4-2-3-11(15)8-13/h2-8H,9H2,1H3. The van der Waals surface area contributed by atoms with E-state index in [4.69, 9.17) is 9.47 Å².